The standard InChI is InChI=1S/C15H15NO2/c1-10-4-3-5-12-8-16-9-13(15(10)12)14(18)7-6-11(2)17/h3-5,8-9H,6-7H2,1-2H3. The summed E-state index contributed by atoms with van der Waals surface area (Å²) in [5.74, 6) is 0.0193. The van der Waals surface area contributed by atoms with Gasteiger partial charge in [-0.25, -0.2) is 0 Å². The number of fused-ring (bicyclic) bond motifs is 1. The van der Waals surface area contributed by atoms with Gasteiger partial charge in [0.1, 0.15) is 5.78 Å². The molecule has 2 rings (SSSR count). The molecule has 3 nitrogen and oxygen atoms in total. The van der Waals surface area contributed by atoms with Crippen LogP contribution in [0.15, 0.2) is 30.6 Å². The predicted molar refractivity (Wildman–Crippen MR) is 70.7 cm³/mol. The lowest BCUT2D eigenvalue weighted by Crippen LogP contribution is -2.04. The third-order valence-electron chi connectivity index (χ3n) is 3.00. The van der Waals surface area contributed by atoms with Crippen molar-refractivity contribution in [2.45, 2.75) is 26.7 Å². The summed E-state index contributed by atoms with van der Waals surface area (Å²) in [4.78, 5) is 27.2. The van der Waals surface area contributed by atoms with Crippen molar-refractivity contribution in [3.8, 4) is 0 Å². The number of ketones is 2. The minimum atomic E-state index is -0.0161. The van der Waals surface area contributed by atoms with Crippen LogP contribution in [-0.4, -0.2) is 16.6 Å². The molecular weight excluding hydrogens is 226 g/mol. The number of rotatable bonds is 4. The summed E-state index contributed by atoms with van der Waals surface area (Å²) >= 11 is 0. The zero-order chi connectivity index (χ0) is 13.1. The van der Waals surface area contributed by atoms with E-state index < -0.39 is 0 Å². The molecule has 3 heteroatoms. The molecule has 0 saturated heterocycles. The van der Waals surface area contributed by atoms with E-state index in [1.165, 1.54) is 6.92 Å². The number of nitrogens with zero attached hydrogens (tertiary/aromatic N) is 1. The maximum atomic E-state index is 12.1. The molecular formula is C15H15NO2. The monoisotopic (exact) mass is 241 g/mol. The van der Waals surface area contributed by atoms with E-state index in [-0.39, 0.29) is 18.0 Å². The third-order valence-corrected chi connectivity index (χ3v) is 3.00. The number of aryl methyl sites for hydroxylation is 1. The van der Waals surface area contributed by atoms with Gasteiger partial charge in [-0.1, -0.05) is 18.2 Å². The summed E-state index contributed by atoms with van der Waals surface area (Å²) < 4.78 is 0. The second-order valence-electron chi connectivity index (χ2n) is 4.49. The van der Waals surface area contributed by atoms with Gasteiger partial charge in [-0.2, -0.15) is 0 Å². The van der Waals surface area contributed by atoms with Crippen LogP contribution in [0.2, 0.25) is 0 Å². The number of hydrogen-bond donors (Lipinski definition) is 0. The average Bonchev–Trinajstić information content (AvgIpc) is 2.35. The van der Waals surface area contributed by atoms with Gasteiger partial charge >= 0.3 is 0 Å². The van der Waals surface area contributed by atoms with Crippen molar-refractivity contribution in [3.63, 3.8) is 0 Å². The van der Waals surface area contributed by atoms with Gasteiger partial charge in [0.15, 0.2) is 5.78 Å². The second kappa shape index (κ2) is 5.08. The van der Waals surface area contributed by atoms with Crippen molar-refractivity contribution in [3.05, 3.63) is 41.7 Å². The highest BCUT2D eigenvalue weighted by molar-refractivity contribution is 6.09. The zero-order valence-corrected chi connectivity index (χ0v) is 10.6. The zero-order valence-electron chi connectivity index (χ0n) is 10.6. The Morgan fingerprint density at radius 1 is 1.17 bits per heavy atom. The maximum Gasteiger partial charge on any atom is 0.165 e. The minimum absolute atomic E-state index is 0.0161. The van der Waals surface area contributed by atoms with Crippen molar-refractivity contribution in [2.75, 3.05) is 0 Å². The van der Waals surface area contributed by atoms with Crippen molar-refractivity contribution < 1.29 is 9.59 Å². The van der Waals surface area contributed by atoms with E-state index in [1.54, 1.807) is 12.4 Å². The van der Waals surface area contributed by atoms with Crippen LogP contribution in [0.3, 0.4) is 0 Å². The molecule has 92 valence electrons. The molecule has 1 aromatic carbocycles. The van der Waals surface area contributed by atoms with Gasteiger partial charge < -0.3 is 4.79 Å². The molecule has 1 heterocycles. The lowest BCUT2D eigenvalue weighted by molar-refractivity contribution is -0.116. The Bertz CT molecular complexity index is 612. The lowest BCUT2D eigenvalue weighted by Gasteiger charge is -2.07. The first-order chi connectivity index (χ1) is 8.59. The van der Waals surface area contributed by atoms with Crippen LogP contribution in [0.4, 0.5) is 0 Å². The molecule has 0 amide bonds. The van der Waals surface area contributed by atoms with Crippen LogP contribution >= 0.6 is 0 Å². The van der Waals surface area contributed by atoms with Gasteiger partial charge in [-0.05, 0) is 24.8 Å². The summed E-state index contributed by atoms with van der Waals surface area (Å²) in [6.07, 6.45) is 3.90. The molecule has 2 aromatic rings. The van der Waals surface area contributed by atoms with E-state index in [1.807, 2.05) is 25.1 Å². The van der Waals surface area contributed by atoms with Crippen LogP contribution < -0.4 is 0 Å². The molecule has 18 heavy (non-hydrogen) atoms. The van der Waals surface area contributed by atoms with Crippen LogP contribution in [0.25, 0.3) is 10.8 Å². The lowest BCUT2D eigenvalue weighted by atomic mass is 9.98. The van der Waals surface area contributed by atoms with Crippen molar-refractivity contribution >= 4 is 22.3 Å². The number of hydrogen-bond acceptors (Lipinski definition) is 3. The molecule has 0 fully saturated rings. The predicted octanol–water partition coefficient (Wildman–Crippen LogP) is 3.10. The highest BCUT2D eigenvalue weighted by atomic mass is 16.1. The fraction of sp³-hybridized carbons (Fsp3) is 0.267. The molecule has 0 spiro atoms. The molecule has 0 aliphatic heterocycles. The van der Waals surface area contributed by atoms with Gasteiger partial charge in [-0.15, -0.1) is 0 Å². The number of benzene rings is 1. The first-order valence-corrected chi connectivity index (χ1v) is 5.95. The Morgan fingerprint density at radius 2 is 1.94 bits per heavy atom. The van der Waals surface area contributed by atoms with Crippen molar-refractivity contribution in [2.24, 2.45) is 0 Å². The fourth-order valence-corrected chi connectivity index (χ4v) is 2.06. The number of carbonyl (C=O) groups is 2. The highest BCUT2D eigenvalue weighted by Gasteiger charge is 2.12. The minimum Gasteiger partial charge on any atom is -0.300 e. The molecule has 0 bridgehead atoms. The van der Waals surface area contributed by atoms with E-state index >= 15 is 0 Å². The quantitative estimate of drug-likeness (QED) is 0.773. The maximum absolute atomic E-state index is 12.1. The Hall–Kier alpha value is -2.03. The first-order valence-electron chi connectivity index (χ1n) is 5.95. The molecule has 0 unspecified atom stereocenters. The first kappa shape index (κ1) is 12.4. The van der Waals surface area contributed by atoms with Crippen LogP contribution in [-0.2, 0) is 4.79 Å². The third kappa shape index (κ3) is 2.45. The topological polar surface area (TPSA) is 47.0 Å². The SMILES string of the molecule is CC(=O)CCC(=O)c1cncc2cccc(C)c12. The average molecular weight is 241 g/mol. The van der Waals surface area contributed by atoms with Gasteiger partial charge in [0.25, 0.3) is 0 Å². The molecule has 0 atom stereocenters. The molecule has 0 saturated carbocycles. The Labute approximate surface area is 106 Å². The van der Waals surface area contributed by atoms with Crippen LogP contribution in [0.1, 0.15) is 35.7 Å². The molecule has 1 aromatic heterocycles. The van der Waals surface area contributed by atoms with Crippen molar-refractivity contribution in [1.82, 2.24) is 4.98 Å². The number of pyridine rings is 1. The molecule has 0 aliphatic carbocycles. The summed E-state index contributed by atoms with van der Waals surface area (Å²) in [6.45, 7) is 3.48. The fourth-order valence-electron chi connectivity index (χ4n) is 2.06. The van der Waals surface area contributed by atoms with Crippen LogP contribution in [0.5, 0.6) is 0 Å². The van der Waals surface area contributed by atoms with Gasteiger partial charge in [-0.3, -0.25) is 9.78 Å². The van der Waals surface area contributed by atoms with E-state index in [4.69, 9.17) is 0 Å². The summed E-state index contributed by atoms with van der Waals surface area (Å²) in [5.41, 5.74) is 1.67. The van der Waals surface area contributed by atoms with E-state index in [0.717, 1.165) is 16.3 Å². The van der Waals surface area contributed by atoms with E-state index in [9.17, 15) is 9.59 Å². The largest absolute Gasteiger partial charge is 0.300 e. The number of aromatic nitrogens is 1. The number of carbonyl (C=O) groups excluding carboxylic acids is 2. The Balaban J connectivity index is 2.44. The van der Waals surface area contributed by atoms with Gasteiger partial charge in [0.2, 0.25) is 0 Å². The molecule has 0 N–H and O–H groups in total. The van der Waals surface area contributed by atoms with Crippen molar-refractivity contribution in [1.29, 1.82) is 0 Å². The van der Waals surface area contributed by atoms with Crippen LogP contribution in [0, 0.1) is 6.92 Å². The van der Waals surface area contributed by atoms with Gasteiger partial charge in [0.05, 0.1) is 0 Å². The van der Waals surface area contributed by atoms with E-state index in [2.05, 4.69) is 4.98 Å². The molecule has 0 aliphatic rings. The summed E-state index contributed by atoms with van der Waals surface area (Å²) in [6, 6.07) is 5.87. The highest BCUT2D eigenvalue weighted by Crippen LogP contribution is 2.22. The smallest absolute Gasteiger partial charge is 0.165 e. The summed E-state index contributed by atoms with van der Waals surface area (Å²) in [7, 11) is 0. The normalized spacial score (nSPS) is 10.6. The van der Waals surface area contributed by atoms with Gasteiger partial charge in [0, 0.05) is 36.2 Å². The van der Waals surface area contributed by atoms with E-state index in [0.29, 0.717) is 12.0 Å². The Kier molecular flexibility index (Phi) is 3.51. The Morgan fingerprint density at radius 3 is 2.67 bits per heavy atom. The summed E-state index contributed by atoms with van der Waals surface area (Å²) in [5, 5.41) is 1.91. The molecule has 0 radical (unpaired) electrons. The number of Topliss-reactive ketones (excluding diaryl/α,β-unsaturated/α-hetero) is 2. The second-order valence-corrected chi connectivity index (χ2v) is 4.49.